The van der Waals surface area contributed by atoms with E-state index in [1.54, 1.807) is 23.7 Å². The summed E-state index contributed by atoms with van der Waals surface area (Å²) in [5.74, 6) is 0.810. The summed E-state index contributed by atoms with van der Waals surface area (Å²) in [6, 6.07) is 14.2. The first-order chi connectivity index (χ1) is 14.7. The molecule has 0 spiro atoms. The molecule has 2 heterocycles. The maximum absolute atomic E-state index is 11.7. The van der Waals surface area contributed by atoms with Crippen LogP contribution in [0.5, 0.6) is 0 Å². The average molecular weight is 537 g/mol. The number of guanidine groups is 1. The molecule has 0 unspecified atom stereocenters. The van der Waals surface area contributed by atoms with Crippen LogP contribution in [0.4, 0.5) is 0 Å². The highest BCUT2D eigenvalue weighted by Crippen LogP contribution is 2.13. The van der Waals surface area contributed by atoms with E-state index in [1.165, 1.54) is 43.5 Å². The van der Waals surface area contributed by atoms with Gasteiger partial charge >= 0.3 is 0 Å². The smallest absolute Gasteiger partial charge is 0.250 e. The molecule has 1 fully saturated rings. The number of aryl methyl sites for hydroxylation is 1. The molecule has 3 rings (SSSR count). The number of piperidine rings is 1. The molecule has 31 heavy (non-hydrogen) atoms. The molecule has 0 saturated carbocycles. The second-order valence-corrected chi connectivity index (χ2v) is 7.95. The van der Waals surface area contributed by atoms with Gasteiger partial charge in [0.05, 0.1) is 0 Å². The van der Waals surface area contributed by atoms with Crippen LogP contribution in [0.3, 0.4) is 0 Å². The summed E-state index contributed by atoms with van der Waals surface area (Å²) in [4.78, 5) is 18.5. The van der Waals surface area contributed by atoms with E-state index in [4.69, 9.17) is 0 Å². The zero-order chi connectivity index (χ0) is 21.0. The van der Waals surface area contributed by atoms with Crippen molar-refractivity contribution in [2.45, 2.75) is 51.7 Å². The van der Waals surface area contributed by atoms with Gasteiger partial charge in [0, 0.05) is 45.5 Å². The molecule has 1 aromatic carbocycles. The molecule has 2 N–H and O–H groups in total. The molecule has 1 aliphatic heterocycles. The minimum atomic E-state index is 0. The van der Waals surface area contributed by atoms with Gasteiger partial charge in [-0.2, -0.15) is 0 Å². The lowest BCUT2D eigenvalue weighted by Gasteiger charge is -2.26. The van der Waals surface area contributed by atoms with Gasteiger partial charge in [-0.05, 0) is 56.0 Å². The first-order valence-corrected chi connectivity index (χ1v) is 11.1. The average Bonchev–Trinajstić information content (AvgIpc) is 2.78. The Labute approximate surface area is 203 Å². The van der Waals surface area contributed by atoms with Gasteiger partial charge in [0.2, 0.25) is 5.56 Å². The van der Waals surface area contributed by atoms with Gasteiger partial charge in [-0.15, -0.1) is 24.0 Å². The van der Waals surface area contributed by atoms with E-state index in [9.17, 15) is 4.79 Å². The van der Waals surface area contributed by atoms with Crippen molar-refractivity contribution in [1.82, 2.24) is 20.1 Å². The molecule has 2 aromatic rings. The number of pyridine rings is 1. The maximum Gasteiger partial charge on any atom is 0.250 e. The van der Waals surface area contributed by atoms with Gasteiger partial charge in [0.25, 0.3) is 0 Å². The van der Waals surface area contributed by atoms with Gasteiger partial charge < -0.3 is 15.2 Å². The van der Waals surface area contributed by atoms with Crippen molar-refractivity contribution in [2.24, 2.45) is 4.99 Å². The van der Waals surface area contributed by atoms with Gasteiger partial charge in [0.15, 0.2) is 5.96 Å². The Morgan fingerprint density at radius 2 is 1.71 bits per heavy atom. The quantitative estimate of drug-likeness (QED) is 0.222. The fraction of sp³-hybridized carbons (Fsp3) is 0.500. The van der Waals surface area contributed by atoms with Crippen molar-refractivity contribution in [3.8, 4) is 0 Å². The molecular weight excluding hydrogens is 501 g/mol. The largest absolute Gasteiger partial charge is 0.356 e. The number of hydrogen-bond acceptors (Lipinski definition) is 3. The van der Waals surface area contributed by atoms with Crippen LogP contribution in [-0.2, 0) is 19.6 Å². The van der Waals surface area contributed by atoms with Crippen LogP contribution in [0.1, 0.15) is 43.2 Å². The van der Waals surface area contributed by atoms with E-state index >= 15 is 0 Å². The molecule has 1 aromatic heterocycles. The van der Waals surface area contributed by atoms with Crippen LogP contribution in [-0.4, -0.2) is 42.1 Å². The van der Waals surface area contributed by atoms with Crippen LogP contribution in [0, 0.1) is 0 Å². The van der Waals surface area contributed by atoms with Crippen molar-refractivity contribution in [2.75, 3.05) is 26.7 Å². The molecule has 0 atom stereocenters. The Hall–Kier alpha value is -1.87. The normalized spacial score (nSPS) is 14.7. The molecule has 7 heteroatoms. The topological polar surface area (TPSA) is 61.7 Å². The molecule has 6 nitrogen and oxygen atoms in total. The first-order valence-electron chi connectivity index (χ1n) is 11.1. The fourth-order valence-corrected chi connectivity index (χ4v) is 3.80. The lowest BCUT2D eigenvalue weighted by atomic mass is 10.1. The molecule has 1 aliphatic rings. The number of benzene rings is 1. The van der Waals surface area contributed by atoms with Crippen LogP contribution in [0.25, 0.3) is 0 Å². The number of nitrogens with zero attached hydrogens (tertiary/aromatic N) is 3. The summed E-state index contributed by atoms with van der Waals surface area (Å²) in [6.45, 7) is 5.85. The van der Waals surface area contributed by atoms with E-state index < -0.39 is 0 Å². The van der Waals surface area contributed by atoms with Crippen LogP contribution in [0.2, 0.25) is 0 Å². The van der Waals surface area contributed by atoms with Crippen molar-refractivity contribution in [3.05, 3.63) is 70.1 Å². The first kappa shape index (κ1) is 25.4. The van der Waals surface area contributed by atoms with E-state index in [0.29, 0.717) is 0 Å². The van der Waals surface area contributed by atoms with Gasteiger partial charge in [-0.1, -0.05) is 36.8 Å². The third kappa shape index (κ3) is 9.03. The number of rotatable bonds is 9. The van der Waals surface area contributed by atoms with Crippen LogP contribution in [0.15, 0.2) is 58.4 Å². The molecule has 0 bridgehead atoms. The zero-order valence-corrected chi connectivity index (χ0v) is 20.9. The second kappa shape index (κ2) is 14.2. The highest BCUT2D eigenvalue weighted by Gasteiger charge is 2.10. The van der Waals surface area contributed by atoms with Gasteiger partial charge in [-0.3, -0.25) is 14.7 Å². The summed E-state index contributed by atoms with van der Waals surface area (Å²) < 4.78 is 1.75. The molecule has 1 saturated heterocycles. The summed E-state index contributed by atoms with van der Waals surface area (Å²) >= 11 is 0. The lowest BCUT2D eigenvalue weighted by Crippen LogP contribution is -2.37. The van der Waals surface area contributed by atoms with Crippen molar-refractivity contribution >= 4 is 29.9 Å². The number of aromatic nitrogens is 1. The van der Waals surface area contributed by atoms with E-state index in [1.807, 2.05) is 12.3 Å². The molecular formula is C24H36IN5O. The Morgan fingerprint density at radius 3 is 2.42 bits per heavy atom. The molecule has 0 aliphatic carbocycles. The highest BCUT2D eigenvalue weighted by atomic mass is 127. The second-order valence-electron chi connectivity index (χ2n) is 7.95. The molecule has 170 valence electrons. The zero-order valence-electron chi connectivity index (χ0n) is 18.6. The standard InChI is InChI=1S/C24H35N5O.HI/c1-25-24(26-14-4-8-18-29-17-7-3-9-23(29)30)27-19-21-10-12-22(13-11-21)20-28-15-5-2-6-16-28;/h3,7,9-13,17H,2,4-6,8,14-16,18-20H2,1H3,(H2,25,26,27);1H. The van der Waals surface area contributed by atoms with Crippen molar-refractivity contribution < 1.29 is 0 Å². The summed E-state index contributed by atoms with van der Waals surface area (Å²) in [6.07, 6.45) is 7.81. The Balaban J connectivity index is 0.00000341. The Morgan fingerprint density at radius 1 is 0.968 bits per heavy atom. The lowest BCUT2D eigenvalue weighted by molar-refractivity contribution is 0.221. The van der Waals surface area contributed by atoms with Gasteiger partial charge in [-0.25, -0.2) is 0 Å². The summed E-state index contributed by atoms with van der Waals surface area (Å²) in [5.41, 5.74) is 2.70. The minimum Gasteiger partial charge on any atom is -0.356 e. The van der Waals surface area contributed by atoms with Crippen molar-refractivity contribution in [1.29, 1.82) is 0 Å². The van der Waals surface area contributed by atoms with Crippen LogP contribution >= 0.6 is 24.0 Å². The predicted octanol–water partition coefficient (Wildman–Crippen LogP) is 3.60. The number of aliphatic imine (C=N–C) groups is 1. The minimum absolute atomic E-state index is 0. The number of nitrogens with one attached hydrogen (secondary N) is 2. The fourth-order valence-electron chi connectivity index (χ4n) is 3.80. The van der Waals surface area contributed by atoms with Crippen LogP contribution < -0.4 is 16.2 Å². The number of hydrogen-bond donors (Lipinski definition) is 2. The summed E-state index contributed by atoms with van der Waals surface area (Å²) in [5, 5.41) is 6.73. The Bertz CT molecular complexity index is 844. The molecule has 0 radical (unpaired) electrons. The van der Waals surface area contributed by atoms with E-state index in [-0.39, 0.29) is 29.5 Å². The number of unbranched alkanes of at least 4 members (excludes halogenated alkanes) is 1. The third-order valence-corrected chi connectivity index (χ3v) is 5.58. The monoisotopic (exact) mass is 537 g/mol. The SMILES string of the molecule is CN=C(NCCCCn1ccccc1=O)NCc1ccc(CN2CCCCC2)cc1.I. The Kier molecular flexibility index (Phi) is 11.7. The predicted molar refractivity (Wildman–Crippen MR) is 139 cm³/mol. The van der Waals surface area contributed by atoms with Crippen molar-refractivity contribution in [3.63, 3.8) is 0 Å². The van der Waals surface area contributed by atoms with E-state index in [0.717, 1.165) is 45.0 Å². The maximum atomic E-state index is 11.7. The highest BCUT2D eigenvalue weighted by molar-refractivity contribution is 14.0. The number of likely N-dealkylation sites (tertiary alicyclic amines) is 1. The summed E-state index contributed by atoms with van der Waals surface area (Å²) in [7, 11) is 1.79. The third-order valence-electron chi connectivity index (χ3n) is 5.58. The van der Waals surface area contributed by atoms with E-state index in [2.05, 4.69) is 44.8 Å². The molecule has 0 amide bonds. The number of halogens is 1. The van der Waals surface area contributed by atoms with Gasteiger partial charge in [0.1, 0.15) is 0 Å².